The van der Waals surface area contributed by atoms with Crippen LogP contribution < -0.4 is 5.32 Å². The molecule has 0 radical (unpaired) electrons. The zero-order chi connectivity index (χ0) is 20.1. The van der Waals surface area contributed by atoms with Crippen molar-refractivity contribution in [2.24, 2.45) is 10.9 Å². The average Bonchev–Trinajstić information content (AvgIpc) is 3.23. The maximum absolute atomic E-state index is 12.5. The summed E-state index contributed by atoms with van der Waals surface area (Å²) in [5.41, 5.74) is 0.0994. The van der Waals surface area contributed by atoms with Crippen LogP contribution >= 0.6 is 24.0 Å². The van der Waals surface area contributed by atoms with Crippen LogP contribution in [0.3, 0.4) is 0 Å². The van der Waals surface area contributed by atoms with Gasteiger partial charge < -0.3 is 19.9 Å². The van der Waals surface area contributed by atoms with Gasteiger partial charge in [-0.25, -0.2) is 0 Å². The average molecular weight is 521 g/mol. The minimum Gasteiger partial charge on any atom is -0.368 e. The number of nitrogens with one attached hydrogen (secondary N) is 1. The zero-order valence-corrected chi connectivity index (χ0v) is 21.0. The first-order valence-corrected chi connectivity index (χ1v) is 11.0. The molecule has 2 atom stereocenters. The minimum absolute atomic E-state index is 0. The quantitative estimate of drug-likeness (QED) is 0.349. The Kier molecular flexibility index (Phi) is 9.47. The molecule has 1 amide bonds. The normalized spacial score (nSPS) is 27.0. The fourth-order valence-corrected chi connectivity index (χ4v) is 4.59. The third-order valence-corrected chi connectivity index (χ3v) is 6.50. The molecule has 0 spiro atoms. The van der Waals surface area contributed by atoms with Gasteiger partial charge in [-0.1, -0.05) is 6.92 Å². The molecule has 1 N–H and O–H groups in total. The van der Waals surface area contributed by atoms with Crippen molar-refractivity contribution in [2.45, 2.75) is 58.1 Å². The smallest absolute Gasteiger partial charge is 0.251 e. The van der Waals surface area contributed by atoms with Gasteiger partial charge in [0.15, 0.2) is 5.96 Å². The van der Waals surface area contributed by atoms with Gasteiger partial charge in [-0.05, 0) is 52.0 Å². The molecule has 0 aliphatic carbocycles. The molecule has 0 aromatic carbocycles. The van der Waals surface area contributed by atoms with E-state index in [0.717, 1.165) is 64.0 Å². The summed E-state index contributed by atoms with van der Waals surface area (Å²) >= 11 is 0. The van der Waals surface area contributed by atoms with Crippen LogP contribution in [0.4, 0.5) is 0 Å². The van der Waals surface area contributed by atoms with E-state index in [0.29, 0.717) is 0 Å². The van der Waals surface area contributed by atoms with Gasteiger partial charge in [-0.3, -0.25) is 14.7 Å². The molecule has 3 fully saturated rings. The van der Waals surface area contributed by atoms with Gasteiger partial charge in [0.25, 0.3) is 5.91 Å². The maximum atomic E-state index is 12.5. The van der Waals surface area contributed by atoms with E-state index in [-0.39, 0.29) is 41.5 Å². The fraction of sp³-hybridized carbons (Fsp3) is 0.905. The van der Waals surface area contributed by atoms with Gasteiger partial charge in [0.05, 0.1) is 0 Å². The van der Waals surface area contributed by atoms with E-state index in [1.54, 1.807) is 0 Å². The number of amides is 1. The summed E-state index contributed by atoms with van der Waals surface area (Å²) in [6, 6.07) is 0. The van der Waals surface area contributed by atoms with Gasteiger partial charge in [0.1, 0.15) is 6.10 Å². The number of carbonyl (C=O) groups is 1. The predicted molar refractivity (Wildman–Crippen MR) is 128 cm³/mol. The largest absolute Gasteiger partial charge is 0.368 e. The molecule has 0 aromatic heterocycles. The Balaban J connectivity index is 0.00000300. The molecular weight excluding hydrogens is 481 g/mol. The second kappa shape index (κ2) is 11.1. The molecule has 168 valence electrons. The van der Waals surface area contributed by atoms with E-state index in [1.807, 2.05) is 11.9 Å². The van der Waals surface area contributed by atoms with Crippen LogP contribution in [0.1, 0.15) is 46.5 Å². The first kappa shape index (κ1) is 24.7. The first-order valence-electron chi connectivity index (χ1n) is 11.0. The number of piperidine rings is 1. The van der Waals surface area contributed by atoms with Crippen LogP contribution in [-0.2, 0) is 9.53 Å². The number of carbonyl (C=O) groups excluding carboxylic acids is 1. The second-order valence-corrected chi connectivity index (χ2v) is 9.22. The molecule has 29 heavy (non-hydrogen) atoms. The molecule has 3 rings (SSSR count). The van der Waals surface area contributed by atoms with Gasteiger partial charge in [-0.2, -0.15) is 0 Å². The van der Waals surface area contributed by atoms with Crippen molar-refractivity contribution in [3.63, 3.8) is 0 Å². The SMILES string of the molecule is CN=C(NCC(C)(C)N1CCCC(C)C1)N1CCN(C(=O)C2CCCO2)CC1.I. The molecule has 3 aliphatic rings. The van der Waals surface area contributed by atoms with Crippen molar-refractivity contribution >= 4 is 35.8 Å². The number of guanidine groups is 1. The minimum atomic E-state index is -0.211. The van der Waals surface area contributed by atoms with Crippen molar-refractivity contribution < 1.29 is 9.53 Å². The standard InChI is InChI=1S/C21H39N5O2.HI/c1-17-7-5-9-26(15-17)21(2,3)16-23-20(22-4)25-12-10-24(11-13-25)19(27)18-8-6-14-28-18;/h17-18H,5-16H2,1-4H3,(H,22,23);1H. The summed E-state index contributed by atoms with van der Waals surface area (Å²) in [6.07, 6.45) is 4.29. The summed E-state index contributed by atoms with van der Waals surface area (Å²) in [5, 5.41) is 3.60. The highest BCUT2D eigenvalue weighted by molar-refractivity contribution is 14.0. The molecular formula is C21H40IN5O2. The lowest BCUT2D eigenvalue weighted by Crippen LogP contribution is -2.59. The number of nitrogens with zero attached hydrogens (tertiary/aromatic N) is 4. The Morgan fingerprint density at radius 1 is 1.10 bits per heavy atom. The molecule has 3 heterocycles. The zero-order valence-electron chi connectivity index (χ0n) is 18.7. The van der Waals surface area contributed by atoms with E-state index < -0.39 is 0 Å². The molecule has 2 unspecified atom stereocenters. The summed E-state index contributed by atoms with van der Waals surface area (Å²) < 4.78 is 5.56. The number of halogens is 1. The van der Waals surface area contributed by atoms with Crippen LogP contribution in [-0.4, -0.2) is 97.7 Å². The van der Waals surface area contributed by atoms with Crippen molar-refractivity contribution in [1.29, 1.82) is 0 Å². The van der Waals surface area contributed by atoms with Crippen LogP contribution in [0.25, 0.3) is 0 Å². The third kappa shape index (κ3) is 6.43. The van der Waals surface area contributed by atoms with Crippen LogP contribution in [0, 0.1) is 5.92 Å². The van der Waals surface area contributed by atoms with Gasteiger partial charge in [0, 0.05) is 58.5 Å². The molecule has 8 heteroatoms. The highest BCUT2D eigenvalue weighted by Crippen LogP contribution is 2.23. The van der Waals surface area contributed by atoms with Gasteiger partial charge in [-0.15, -0.1) is 24.0 Å². The molecule has 0 aromatic rings. The van der Waals surface area contributed by atoms with E-state index >= 15 is 0 Å². The lowest BCUT2D eigenvalue weighted by Gasteiger charge is -2.44. The highest BCUT2D eigenvalue weighted by Gasteiger charge is 2.33. The van der Waals surface area contributed by atoms with Gasteiger partial charge >= 0.3 is 0 Å². The topological polar surface area (TPSA) is 60.4 Å². The van der Waals surface area contributed by atoms with Crippen molar-refractivity contribution in [3.8, 4) is 0 Å². The Labute approximate surface area is 193 Å². The predicted octanol–water partition coefficient (Wildman–Crippen LogP) is 2.01. The summed E-state index contributed by atoms with van der Waals surface area (Å²) in [6.45, 7) is 14.1. The lowest BCUT2D eigenvalue weighted by atomic mass is 9.93. The Hall–Kier alpha value is -0.610. The fourth-order valence-electron chi connectivity index (χ4n) is 4.59. The number of hydrogen-bond donors (Lipinski definition) is 1. The van der Waals surface area contributed by atoms with Crippen LogP contribution in [0.2, 0.25) is 0 Å². The monoisotopic (exact) mass is 521 g/mol. The number of likely N-dealkylation sites (tertiary alicyclic amines) is 1. The molecule has 3 aliphatic heterocycles. The third-order valence-electron chi connectivity index (χ3n) is 6.50. The van der Waals surface area contributed by atoms with Gasteiger partial charge in [0.2, 0.25) is 0 Å². The number of aliphatic imine (C=N–C) groups is 1. The van der Waals surface area contributed by atoms with E-state index in [1.165, 1.54) is 25.9 Å². The molecule has 0 bridgehead atoms. The molecule has 0 saturated carbocycles. The second-order valence-electron chi connectivity index (χ2n) is 9.22. The lowest BCUT2D eigenvalue weighted by molar-refractivity contribution is -0.142. The Morgan fingerprint density at radius 2 is 1.79 bits per heavy atom. The first-order chi connectivity index (χ1) is 13.4. The molecule has 7 nitrogen and oxygen atoms in total. The summed E-state index contributed by atoms with van der Waals surface area (Å²) in [7, 11) is 1.85. The van der Waals surface area contributed by atoms with Crippen molar-refractivity contribution in [1.82, 2.24) is 20.0 Å². The Morgan fingerprint density at radius 3 is 2.38 bits per heavy atom. The number of hydrogen-bond acceptors (Lipinski definition) is 4. The van der Waals surface area contributed by atoms with Crippen LogP contribution in [0.15, 0.2) is 4.99 Å². The van der Waals surface area contributed by atoms with Crippen molar-refractivity contribution in [3.05, 3.63) is 0 Å². The Bertz CT molecular complexity index is 557. The van der Waals surface area contributed by atoms with E-state index in [9.17, 15) is 4.79 Å². The number of piperazine rings is 1. The number of ether oxygens (including phenoxy) is 1. The van der Waals surface area contributed by atoms with Crippen LogP contribution in [0.5, 0.6) is 0 Å². The van der Waals surface area contributed by atoms with E-state index in [2.05, 4.69) is 40.9 Å². The van der Waals surface area contributed by atoms with E-state index in [4.69, 9.17) is 4.74 Å². The summed E-state index contributed by atoms with van der Waals surface area (Å²) in [4.78, 5) is 23.9. The highest BCUT2D eigenvalue weighted by atomic mass is 127. The van der Waals surface area contributed by atoms with Crippen molar-refractivity contribution in [2.75, 3.05) is 59.5 Å². The maximum Gasteiger partial charge on any atom is 0.251 e. The molecule has 3 saturated heterocycles. The number of rotatable bonds is 4. The summed E-state index contributed by atoms with van der Waals surface area (Å²) in [5.74, 6) is 1.89.